The normalized spacial score (nSPS) is 10.8. The van der Waals surface area contributed by atoms with Crippen LogP contribution in [0.4, 0.5) is 5.69 Å². The van der Waals surface area contributed by atoms with Crippen molar-refractivity contribution in [2.24, 2.45) is 0 Å². The largest absolute Gasteiger partial charge is 0.468 e. The van der Waals surface area contributed by atoms with Crippen molar-refractivity contribution in [1.29, 1.82) is 0 Å². The molecule has 1 aromatic heterocycles. The van der Waals surface area contributed by atoms with Gasteiger partial charge in [0.25, 0.3) is 0 Å². The minimum absolute atomic E-state index is 0.0618. The van der Waals surface area contributed by atoms with Crippen LogP contribution in [-0.4, -0.2) is 48.8 Å². The van der Waals surface area contributed by atoms with E-state index in [-0.39, 0.29) is 24.9 Å². The fourth-order valence-corrected chi connectivity index (χ4v) is 2.45. The first-order chi connectivity index (χ1) is 11.8. The third-order valence-corrected chi connectivity index (χ3v) is 4.16. The molecule has 25 heavy (non-hydrogen) atoms. The number of anilines is 1. The average Bonchev–Trinajstić information content (AvgIpc) is 3.03. The molecular formula is C17H19Cl2N3O3. The monoisotopic (exact) mass is 383 g/mol. The molecule has 2 amide bonds. The third kappa shape index (κ3) is 6.08. The van der Waals surface area contributed by atoms with Crippen molar-refractivity contribution >= 4 is 40.7 Å². The Labute approximate surface area is 156 Å². The number of nitrogens with zero attached hydrogens (tertiary/aromatic N) is 2. The molecule has 0 aliphatic heterocycles. The first-order valence-corrected chi connectivity index (χ1v) is 8.30. The van der Waals surface area contributed by atoms with E-state index in [1.165, 1.54) is 4.90 Å². The van der Waals surface area contributed by atoms with Crippen molar-refractivity contribution in [2.75, 3.05) is 32.5 Å². The summed E-state index contributed by atoms with van der Waals surface area (Å²) in [7, 11) is 3.39. The summed E-state index contributed by atoms with van der Waals surface area (Å²) in [5.41, 5.74) is 0.523. The molecule has 0 unspecified atom stereocenters. The lowest BCUT2D eigenvalue weighted by Gasteiger charge is -2.21. The quantitative estimate of drug-likeness (QED) is 0.797. The van der Waals surface area contributed by atoms with Crippen LogP contribution in [0.5, 0.6) is 0 Å². The number of hydrogen-bond donors (Lipinski definition) is 1. The van der Waals surface area contributed by atoms with E-state index >= 15 is 0 Å². The summed E-state index contributed by atoms with van der Waals surface area (Å²) in [4.78, 5) is 27.4. The maximum Gasteiger partial charge on any atom is 0.243 e. The maximum atomic E-state index is 12.2. The van der Waals surface area contributed by atoms with Crippen molar-refractivity contribution in [3.63, 3.8) is 0 Å². The Bertz CT molecular complexity index is 735. The standard InChI is InChI=1S/C17H19Cl2N3O3/c1-21(9-13-4-3-7-25-13)11-17(24)22(2)10-16(23)20-12-5-6-14(18)15(19)8-12/h3-8H,9-11H2,1-2H3,(H,20,23). The maximum absolute atomic E-state index is 12.2. The molecule has 0 saturated heterocycles. The van der Waals surface area contributed by atoms with Crippen LogP contribution in [0.15, 0.2) is 41.0 Å². The Balaban J connectivity index is 1.81. The third-order valence-electron chi connectivity index (χ3n) is 3.42. The van der Waals surface area contributed by atoms with Crippen LogP contribution in [0, 0.1) is 0 Å². The van der Waals surface area contributed by atoms with Gasteiger partial charge in [0.15, 0.2) is 0 Å². The number of hydrogen-bond acceptors (Lipinski definition) is 4. The molecule has 0 radical (unpaired) electrons. The predicted molar refractivity (Wildman–Crippen MR) is 97.8 cm³/mol. The highest BCUT2D eigenvalue weighted by atomic mass is 35.5. The van der Waals surface area contributed by atoms with Crippen molar-refractivity contribution < 1.29 is 14.0 Å². The number of nitrogens with one attached hydrogen (secondary N) is 1. The second-order valence-corrected chi connectivity index (χ2v) is 6.49. The minimum atomic E-state index is -0.317. The summed E-state index contributed by atoms with van der Waals surface area (Å²) in [6, 6.07) is 8.43. The van der Waals surface area contributed by atoms with Gasteiger partial charge in [-0.25, -0.2) is 0 Å². The zero-order chi connectivity index (χ0) is 18.4. The molecule has 0 spiro atoms. The van der Waals surface area contributed by atoms with Gasteiger partial charge in [-0.15, -0.1) is 0 Å². The van der Waals surface area contributed by atoms with E-state index in [1.807, 2.05) is 18.0 Å². The van der Waals surface area contributed by atoms with Crippen LogP contribution < -0.4 is 5.32 Å². The number of amides is 2. The number of benzene rings is 1. The summed E-state index contributed by atoms with van der Waals surface area (Å²) >= 11 is 11.7. The number of carbonyl (C=O) groups is 2. The molecular weight excluding hydrogens is 365 g/mol. The Hall–Kier alpha value is -2.02. The Morgan fingerprint density at radius 3 is 2.52 bits per heavy atom. The van der Waals surface area contributed by atoms with Crippen LogP contribution in [-0.2, 0) is 16.1 Å². The van der Waals surface area contributed by atoms with Crippen LogP contribution in [0.25, 0.3) is 0 Å². The van der Waals surface area contributed by atoms with Gasteiger partial charge in [0.1, 0.15) is 5.76 Å². The van der Waals surface area contributed by atoms with Crippen molar-refractivity contribution in [2.45, 2.75) is 6.54 Å². The summed E-state index contributed by atoms with van der Waals surface area (Å²) in [6.07, 6.45) is 1.59. The molecule has 0 aliphatic carbocycles. The summed E-state index contributed by atoms with van der Waals surface area (Å²) in [5, 5.41) is 3.44. The lowest BCUT2D eigenvalue weighted by Crippen LogP contribution is -2.40. The van der Waals surface area contributed by atoms with Crippen molar-refractivity contribution in [3.05, 3.63) is 52.4 Å². The zero-order valence-electron chi connectivity index (χ0n) is 14.0. The van der Waals surface area contributed by atoms with E-state index in [4.69, 9.17) is 27.6 Å². The lowest BCUT2D eigenvalue weighted by atomic mass is 10.3. The predicted octanol–water partition coefficient (Wildman–Crippen LogP) is 3.12. The number of carbonyl (C=O) groups excluding carboxylic acids is 2. The van der Waals surface area contributed by atoms with Gasteiger partial charge >= 0.3 is 0 Å². The van der Waals surface area contributed by atoms with Gasteiger partial charge in [-0.1, -0.05) is 23.2 Å². The van der Waals surface area contributed by atoms with Gasteiger partial charge < -0.3 is 14.6 Å². The molecule has 6 nitrogen and oxygen atoms in total. The fourth-order valence-electron chi connectivity index (χ4n) is 2.15. The molecule has 1 N–H and O–H groups in total. The van der Waals surface area contributed by atoms with E-state index in [0.29, 0.717) is 22.3 Å². The molecule has 1 heterocycles. The van der Waals surface area contributed by atoms with Crippen molar-refractivity contribution in [1.82, 2.24) is 9.80 Å². The van der Waals surface area contributed by atoms with Gasteiger partial charge in [-0.3, -0.25) is 14.5 Å². The second-order valence-electron chi connectivity index (χ2n) is 5.68. The fraction of sp³-hybridized carbons (Fsp3) is 0.294. The summed E-state index contributed by atoms with van der Waals surface area (Å²) in [5.74, 6) is 0.289. The van der Waals surface area contributed by atoms with Crippen LogP contribution in [0.2, 0.25) is 10.0 Å². The zero-order valence-corrected chi connectivity index (χ0v) is 15.5. The number of furan rings is 1. The van der Waals surface area contributed by atoms with E-state index in [9.17, 15) is 9.59 Å². The first kappa shape index (κ1) is 19.3. The van der Waals surface area contributed by atoms with E-state index in [2.05, 4.69) is 5.32 Å². The Kier molecular flexibility index (Phi) is 6.87. The molecule has 134 valence electrons. The molecule has 0 atom stereocenters. The van der Waals surface area contributed by atoms with Gasteiger partial charge in [-0.2, -0.15) is 0 Å². The van der Waals surface area contributed by atoms with E-state index < -0.39 is 0 Å². The average molecular weight is 384 g/mol. The molecule has 8 heteroatoms. The highest BCUT2D eigenvalue weighted by molar-refractivity contribution is 6.42. The summed E-state index contributed by atoms with van der Waals surface area (Å²) < 4.78 is 5.24. The second kappa shape index (κ2) is 8.89. The minimum Gasteiger partial charge on any atom is -0.468 e. The number of rotatable bonds is 7. The number of halogens is 2. The van der Waals surface area contributed by atoms with Gasteiger partial charge in [-0.05, 0) is 37.4 Å². The molecule has 2 rings (SSSR count). The molecule has 0 saturated carbocycles. The molecule has 0 aliphatic rings. The van der Waals surface area contributed by atoms with Crippen LogP contribution in [0.1, 0.15) is 5.76 Å². The lowest BCUT2D eigenvalue weighted by molar-refractivity contribution is -0.134. The molecule has 0 bridgehead atoms. The van der Waals surface area contributed by atoms with Crippen LogP contribution in [0.3, 0.4) is 0 Å². The van der Waals surface area contributed by atoms with Gasteiger partial charge in [0, 0.05) is 12.7 Å². The van der Waals surface area contributed by atoms with Gasteiger partial charge in [0.05, 0.1) is 35.9 Å². The molecule has 2 aromatic rings. The Morgan fingerprint density at radius 1 is 1.12 bits per heavy atom. The topological polar surface area (TPSA) is 65.8 Å². The van der Waals surface area contributed by atoms with Crippen molar-refractivity contribution in [3.8, 4) is 0 Å². The Morgan fingerprint density at radius 2 is 1.88 bits per heavy atom. The first-order valence-electron chi connectivity index (χ1n) is 7.55. The molecule has 0 fully saturated rings. The highest BCUT2D eigenvalue weighted by Gasteiger charge is 2.16. The van der Waals surface area contributed by atoms with Crippen LogP contribution >= 0.6 is 23.2 Å². The highest BCUT2D eigenvalue weighted by Crippen LogP contribution is 2.24. The van der Waals surface area contributed by atoms with Gasteiger partial charge in [0.2, 0.25) is 11.8 Å². The summed E-state index contributed by atoms with van der Waals surface area (Å²) in [6.45, 7) is 0.632. The smallest absolute Gasteiger partial charge is 0.243 e. The number of likely N-dealkylation sites (N-methyl/N-ethyl adjacent to an activating group) is 2. The molecule has 1 aromatic carbocycles. The SMILES string of the molecule is CN(CC(=O)N(C)CC(=O)Nc1ccc(Cl)c(Cl)c1)Cc1ccco1. The van der Waals surface area contributed by atoms with E-state index in [0.717, 1.165) is 5.76 Å². The van der Waals surface area contributed by atoms with E-state index in [1.54, 1.807) is 37.6 Å².